The topological polar surface area (TPSA) is 42.8 Å². The molecule has 4 heteroatoms. The van der Waals surface area contributed by atoms with E-state index in [9.17, 15) is 4.79 Å². The average molecular weight is 327 g/mol. The molecule has 24 heavy (non-hydrogen) atoms. The molecule has 0 heterocycles. The van der Waals surface area contributed by atoms with E-state index in [0.29, 0.717) is 13.1 Å². The Kier molecular flexibility index (Phi) is 7.30. The fourth-order valence-electron chi connectivity index (χ4n) is 2.73. The van der Waals surface area contributed by atoms with Gasteiger partial charge in [-0.25, -0.2) is 0 Å². The highest BCUT2D eigenvalue weighted by molar-refractivity contribution is 5.76. The van der Waals surface area contributed by atoms with E-state index in [4.69, 9.17) is 4.74 Å². The van der Waals surface area contributed by atoms with E-state index in [2.05, 4.69) is 24.4 Å². The second-order valence-corrected chi connectivity index (χ2v) is 5.85. The van der Waals surface area contributed by atoms with Crippen LogP contribution in [0, 0.1) is 0 Å². The second kappa shape index (κ2) is 9.73. The largest absolute Gasteiger partial charge is 0.496 e. The van der Waals surface area contributed by atoms with E-state index in [0.717, 1.165) is 30.8 Å². The highest BCUT2D eigenvalue weighted by atomic mass is 16.5. The first-order valence-electron chi connectivity index (χ1n) is 8.49. The van der Waals surface area contributed by atoms with Crippen molar-refractivity contribution < 1.29 is 14.4 Å². The van der Waals surface area contributed by atoms with Crippen LogP contribution in [-0.2, 0) is 17.8 Å². The smallest absolute Gasteiger partial charge is 0.275 e. The molecule has 0 aromatic heterocycles. The summed E-state index contributed by atoms with van der Waals surface area (Å²) in [6.07, 6.45) is 0.774. The molecule has 2 N–H and O–H groups in total. The monoisotopic (exact) mass is 327 g/mol. The van der Waals surface area contributed by atoms with E-state index >= 15 is 0 Å². The maximum atomic E-state index is 12.2. The summed E-state index contributed by atoms with van der Waals surface area (Å²) in [5, 5.41) is 3.02. The molecule has 0 fully saturated rings. The van der Waals surface area contributed by atoms with Crippen molar-refractivity contribution in [3.05, 3.63) is 65.7 Å². The average Bonchev–Trinajstić information content (AvgIpc) is 2.62. The first kappa shape index (κ1) is 18.0. The number of benzene rings is 2. The molecule has 4 nitrogen and oxygen atoms in total. The van der Waals surface area contributed by atoms with Crippen molar-refractivity contribution in [2.24, 2.45) is 0 Å². The lowest BCUT2D eigenvalue weighted by atomic mass is 10.1. The van der Waals surface area contributed by atoms with Crippen LogP contribution in [0.15, 0.2) is 54.6 Å². The predicted octanol–water partition coefficient (Wildman–Crippen LogP) is 1.46. The zero-order valence-corrected chi connectivity index (χ0v) is 14.5. The molecular formula is C20H27N2O2+. The summed E-state index contributed by atoms with van der Waals surface area (Å²) >= 11 is 0. The first-order valence-corrected chi connectivity index (χ1v) is 8.49. The number of rotatable bonds is 9. The van der Waals surface area contributed by atoms with Gasteiger partial charge in [0.15, 0.2) is 6.54 Å². The number of hydrogen-bond donors (Lipinski definition) is 2. The summed E-state index contributed by atoms with van der Waals surface area (Å²) in [6.45, 7) is 5.03. The second-order valence-electron chi connectivity index (χ2n) is 5.85. The Hall–Kier alpha value is -2.33. The van der Waals surface area contributed by atoms with Crippen LogP contribution in [0.25, 0.3) is 0 Å². The van der Waals surface area contributed by atoms with E-state index < -0.39 is 0 Å². The van der Waals surface area contributed by atoms with Crippen molar-refractivity contribution in [2.75, 3.05) is 26.7 Å². The van der Waals surface area contributed by atoms with Crippen molar-refractivity contribution in [3.63, 3.8) is 0 Å². The molecule has 0 bridgehead atoms. The van der Waals surface area contributed by atoms with Crippen LogP contribution in [0.5, 0.6) is 5.75 Å². The van der Waals surface area contributed by atoms with Gasteiger partial charge in [0.1, 0.15) is 12.3 Å². The Labute approximate surface area is 144 Å². The van der Waals surface area contributed by atoms with Crippen LogP contribution in [0.2, 0.25) is 0 Å². The third-order valence-electron chi connectivity index (χ3n) is 4.12. The van der Waals surface area contributed by atoms with Crippen molar-refractivity contribution in [1.82, 2.24) is 5.32 Å². The molecule has 1 atom stereocenters. The number of likely N-dealkylation sites (N-methyl/N-ethyl adjacent to an activating group) is 1. The Bertz CT molecular complexity index is 629. The molecule has 0 aliphatic heterocycles. The molecule has 2 aromatic rings. The number of amides is 1. The number of methoxy groups -OCH3 is 1. The van der Waals surface area contributed by atoms with Gasteiger partial charge in [0, 0.05) is 12.1 Å². The SMILES string of the molecule is CC[NH+](CC(=O)NCCc1ccccc1OC)Cc1ccccc1. The fraction of sp³-hybridized carbons (Fsp3) is 0.350. The Morgan fingerprint density at radius 2 is 1.79 bits per heavy atom. The molecule has 128 valence electrons. The summed E-state index contributed by atoms with van der Waals surface area (Å²) in [5.41, 5.74) is 2.38. The summed E-state index contributed by atoms with van der Waals surface area (Å²) in [4.78, 5) is 13.4. The lowest BCUT2D eigenvalue weighted by Gasteiger charge is -2.17. The van der Waals surface area contributed by atoms with Crippen molar-refractivity contribution in [3.8, 4) is 5.75 Å². The minimum absolute atomic E-state index is 0.0951. The number of quaternary nitrogens is 1. The van der Waals surface area contributed by atoms with Crippen LogP contribution in [0.3, 0.4) is 0 Å². The maximum absolute atomic E-state index is 12.2. The van der Waals surface area contributed by atoms with Gasteiger partial charge in [-0.15, -0.1) is 0 Å². The standard InChI is InChI=1S/C20H26N2O2/c1-3-22(15-17-9-5-4-6-10-17)16-20(23)21-14-13-18-11-7-8-12-19(18)24-2/h4-12H,3,13-16H2,1-2H3,(H,21,23)/p+1. The van der Waals surface area contributed by atoms with Gasteiger partial charge in [0.2, 0.25) is 0 Å². The third-order valence-corrected chi connectivity index (χ3v) is 4.12. The van der Waals surface area contributed by atoms with Gasteiger partial charge in [0.25, 0.3) is 5.91 Å². The van der Waals surface area contributed by atoms with Crippen molar-refractivity contribution >= 4 is 5.91 Å². The van der Waals surface area contributed by atoms with Crippen LogP contribution in [-0.4, -0.2) is 32.7 Å². The van der Waals surface area contributed by atoms with E-state index in [-0.39, 0.29) is 5.91 Å². The first-order chi connectivity index (χ1) is 11.7. The Morgan fingerprint density at radius 1 is 1.08 bits per heavy atom. The van der Waals surface area contributed by atoms with Gasteiger partial charge in [-0.3, -0.25) is 4.79 Å². The quantitative estimate of drug-likeness (QED) is 0.732. The van der Waals surface area contributed by atoms with E-state index in [1.54, 1.807) is 7.11 Å². The van der Waals surface area contributed by atoms with Crippen molar-refractivity contribution in [2.45, 2.75) is 19.9 Å². The molecule has 0 radical (unpaired) electrons. The van der Waals surface area contributed by atoms with Crippen LogP contribution >= 0.6 is 0 Å². The van der Waals surface area contributed by atoms with E-state index in [1.165, 1.54) is 10.5 Å². The molecule has 2 rings (SSSR count). The minimum Gasteiger partial charge on any atom is -0.496 e. The lowest BCUT2D eigenvalue weighted by molar-refractivity contribution is -0.904. The highest BCUT2D eigenvalue weighted by Gasteiger charge is 2.13. The summed E-state index contributed by atoms with van der Waals surface area (Å²) in [6, 6.07) is 18.2. The molecule has 1 unspecified atom stereocenters. The summed E-state index contributed by atoms with van der Waals surface area (Å²) in [5.74, 6) is 0.967. The molecule has 2 aromatic carbocycles. The molecule has 0 aliphatic rings. The number of carbonyl (C=O) groups excluding carboxylic acids is 1. The number of para-hydroxylation sites is 1. The van der Waals surface area contributed by atoms with Crippen LogP contribution in [0.1, 0.15) is 18.1 Å². The zero-order chi connectivity index (χ0) is 17.2. The zero-order valence-electron chi connectivity index (χ0n) is 14.5. The number of carbonyl (C=O) groups is 1. The molecule has 1 amide bonds. The molecule has 0 spiro atoms. The van der Waals surface area contributed by atoms with Gasteiger partial charge in [0.05, 0.1) is 13.7 Å². The maximum Gasteiger partial charge on any atom is 0.275 e. The highest BCUT2D eigenvalue weighted by Crippen LogP contribution is 2.17. The Balaban J connectivity index is 1.77. The number of nitrogens with one attached hydrogen (secondary N) is 2. The van der Waals surface area contributed by atoms with Crippen LogP contribution in [0.4, 0.5) is 0 Å². The molecule has 0 saturated carbocycles. The van der Waals surface area contributed by atoms with Gasteiger partial charge in [-0.1, -0.05) is 48.5 Å². The Morgan fingerprint density at radius 3 is 2.50 bits per heavy atom. The van der Waals surface area contributed by atoms with Gasteiger partial charge < -0.3 is 15.0 Å². The minimum atomic E-state index is 0.0951. The normalized spacial score (nSPS) is 11.8. The van der Waals surface area contributed by atoms with Crippen molar-refractivity contribution in [1.29, 1.82) is 0 Å². The summed E-state index contributed by atoms with van der Waals surface area (Å²) in [7, 11) is 1.67. The third kappa shape index (κ3) is 5.70. The molecule has 0 aliphatic carbocycles. The van der Waals surface area contributed by atoms with Crippen LogP contribution < -0.4 is 15.0 Å². The molecular weight excluding hydrogens is 300 g/mol. The predicted molar refractivity (Wildman–Crippen MR) is 96.2 cm³/mol. The molecule has 0 saturated heterocycles. The van der Waals surface area contributed by atoms with Gasteiger partial charge in [-0.2, -0.15) is 0 Å². The fourth-order valence-corrected chi connectivity index (χ4v) is 2.73. The van der Waals surface area contributed by atoms with E-state index in [1.807, 2.05) is 42.5 Å². The summed E-state index contributed by atoms with van der Waals surface area (Å²) < 4.78 is 5.33. The van der Waals surface area contributed by atoms with Gasteiger partial charge >= 0.3 is 0 Å². The van der Waals surface area contributed by atoms with Gasteiger partial charge in [-0.05, 0) is 25.0 Å². The lowest BCUT2D eigenvalue weighted by Crippen LogP contribution is -3.11. The number of ether oxygens (including phenoxy) is 1. The number of hydrogen-bond acceptors (Lipinski definition) is 2.